The fraction of sp³-hybridized carbons (Fsp3) is 0.333. The molecule has 5 heteroatoms. The Bertz CT molecular complexity index is 103. The van der Waals surface area contributed by atoms with E-state index in [0.29, 0.717) is 0 Å². The number of rotatable bonds is 2. The zero-order chi connectivity index (χ0) is 6.73. The van der Waals surface area contributed by atoms with Crippen molar-refractivity contribution in [3.63, 3.8) is 0 Å². The van der Waals surface area contributed by atoms with E-state index in [-0.39, 0.29) is 0 Å². The third-order valence-electron chi connectivity index (χ3n) is 0.457. The van der Waals surface area contributed by atoms with Crippen molar-refractivity contribution < 1.29 is 24.9 Å². The highest BCUT2D eigenvalue weighted by Crippen LogP contribution is 1.76. The minimum absolute atomic E-state index is 1.81. The quantitative estimate of drug-likeness (QED) is 0.382. The van der Waals surface area contributed by atoms with Gasteiger partial charge in [0.1, 0.15) is 0 Å². The summed E-state index contributed by atoms with van der Waals surface area (Å²) in [6, 6.07) is 0. The Kier molecular flexibility index (Phi) is 1.96. The van der Waals surface area contributed by atoms with Crippen LogP contribution in [0.4, 0.5) is 0 Å². The lowest BCUT2D eigenvalue weighted by atomic mass is 10.4. The van der Waals surface area contributed by atoms with E-state index in [1.54, 1.807) is 0 Å². The second-order valence-corrected chi connectivity index (χ2v) is 1.06. The number of aliphatic hydroxyl groups excluding tert-OH is 1. The van der Waals surface area contributed by atoms with Gasteiger partial charge >= 0.3 is 5.97 Å². The number of carbonyl (C=O) groups is 2. The van der Waals surface area contributed by atoms with Gasteiger partial charge in [-0.15, -0.1) is 0 Å². The summed E-state index contributed by atoms with van der Waals surface area (Å²) in [6.07, 6.45) is -2.41. The second kappa shape index (κ2) is 2.27. The molecule has 0 spiro atoms. The van der Waals surface area contributed by atoms with Crippen molar-refractivity contribution in [1.29, 1.82) is 0 Å². The van der Waals surface area contributed by atoms with Crippen LogP contribution in [0.15, 0.2) is 0 Å². The van der Waals surface area contributed by atoms with Crippen molar-refractivity contribution >= 4 is 11.9 Å². The molecule has 0 rings (SSSR count). The highest BCUT2D eigenvalue weighted by molar-refractivity contribution is 5.94. The molecule has 46 valence electrons. The molecule has 0 amide bonds. The van der Waals surface area contributed by atoms with E-state index < -0.39 is 18.0 Å². The monoisotopic (exact) mass is 119 g/mol. The Morgan fingerprint density at radius 3 is 1.88 bits per heavy atom. The number of hydrogen-bond donors (Lipinski definition) is 2. The lowest BCUT2D eigenvalue weighted by molar-refractivity contribution is -0.313. The van der Waals surface area contributed by atoms with E-state index >= 15 is 0 Å². The predicted octanol–water partition coefficient (Wildman–Crippen LogP) is -2.82. The molecular weight excluding hydrogens is 116 g/mol. The van der Waals surface area contributed by atoms with Crippen LogP contribution in [0.2, 0.25) is 0 Å². The fourth-order valence-corrected chi connectivity index (χ4v) is 0.101. The van der Waals surface area contributed by atoms with Crippen LogP contribution in [0.3, 0.4) is 0 Å². The molecule has 0 aliphatic rings. The number of carboxylic acids is 2. The first-order chi connectivity index (χ1) is 3.55. The van der Waals surface area contributed by atoms with E-state index in [9.17, 15) is 14.7 Å². The largest absolute Gasteiger partial charge is 0.547 e. The molecule has 0 fully saturated rings. The maximum Gasteiger partial charge on any atom is 0.338 e. The maximum atomic E-state index is 9.47. The summed E-state index contributed by atoms with van der Waals surface area (Å²) >= 11 is 0. The molecule has 0 bridgehead atoms. The lowest BCUT2D eigenvalue weighted by Gasteiger charge is -2.02. The second-order valence-electron chi connectivity index (χ2n) is 1.06. The van der Waals surface area contributed by atoms with Crippen LogP contribution in [0.5, 0.6) is 0 Å². The summed E-state index contributed by atoms with van der Waals surface area (Å²) in [5.74, 6) is -3.82. The van der Waals surface area contributed by atoms with Crippen LogP contribution in [0, 0.1) is 0 Å². The SMILES string of the molecule is O=C([O-])C(O)C(=O)O. The summed E-state index contributed by atoms with van der Waals surface area (Å²) in [5.41, 5.74) is 0. The van der Waals surface area contributed by atoms with Gasteiger partial charge in [-0.2, -0.15) is 0 Å². The van der Waals surface area contributed by atoms with Gasteiger partial charge in [-0.3, -0.25) is 0 Å². The van der Waals surface area contributed by atoms with Gasteiger partial charge in [-0.25, -0.2) is 4.79 Å². The van der Waals surface area contributed by atoms with Crippen molar-refractivity contribution in [3.05, 3.63) is 0 Å². The Hall–Kier alpha value is -1.10. The third-order valence-corrected chi connectivity index (χ3v) is 0.457. The molecule has 0 aromatic rings. The standard InChI is InChI=1S/C3H4O5/c4-1(2(5)6)3(7)8/h1,4H,(H,5,6)(H,7,8)/p-1. The molecule has 0 aliphatic heterocycles. The Morgan fingerprint density at radius 2 is 1.88 bits per heavy atom. The van der Waals surface area contributed by atoms with Gasteiger partial charge in [0.05, 0.1) is 5.97 Å². The number of hydrogen-bond acceptors (Lipinski definition) is 4. The van der Waals surface area contributed by atoms with Gasteiger partial charge in [0, 0.05) is 0 Å². The summed E-state index contributed by atoms with van der Waals surface area (Å²) in [4.78, 5) is 18.9. The molecule has 0 aromatic heterocycles. The summed E-state index contributed by atoms with van der Waals surface area (Å²) < 4.78 is 0. The average Bonchev–Trinajstić information content (AvgIpc) is 1.64. The van der Waals surface area contributed by atoms with Gasteiger partial charge < -0.3 is 20.1 Å². The van der Waals surface area contributed by atoms with E-state index in [1.807, 2.05) is 0 Å². The normalized spacial score (nSPS) is 12.6. The van der Waals surface area contributed by atoms with Crippen molar-refractivity contribution in [2.75, 3.05) is 0 Å². The van der Waals surface area contributed by atoms with Crippen LogP contribution < -0.4 is 5.11 Å². The number of carbonyl (C=O) groups excluding carboxylic acids is 1. The summed E-state index contributed by atoms with van der Waals surface area (Å²) in [7, 11) is 0. The van der Waals surface area contributed by atoms with E-state index in [2.05, 4.69) is 0 Å². The maximum absolute atomic E-state index is 9.47. The Balaban J connectivity index is 3.83. The zero-order valence-electron chi connectivity index (χ0n) is 3.70. The van der Waals surface area contributed by atoms with Gasteiger partial charge in [0.2, 0.25) is 0 Å². The first-order valence-electron chi connectivity index (χ1n) is 1.67. The minimum Gasteiger partial charge on any atom is -0.547 e. The molecular formula is C3H3O5-. The molecule has 1 unspecified atom stereocenters. The van der Waals surface area contributed by atoms with Crippen LogP contribution in [-0.4, -0.2) is 28.3 Å². The number of aliphatic carboxylic acids is 2. The predicted molar refractivity (Wildman–Crippen MR) is 18.6 cm³/mol. The molecule has 5 nitrogen and oxygen atoms in total. The molecule has 2 N–H and O–H groups in total. The first kappa shape index (κ1) is 6.90. The molecule has 0 aromatic carbocycles. The van der Waals surface area contributed by atoms with Crippen LogP contribution >= 0.6 is 0 Å². The van der Waals surface area contributed by atoms with Crippen LogP contribution in [-0.2, 0) is 9.59 Å². The van der Waals surface area contributed by atoms with Crippen molar-refractivity contribution in [3.8, 4) is 0 Å². The molecule has 0 heterocycles. The molecule has 8 heavy (non-hydrogen) atoms. The fourth-order valence-electron chi connectivity index (χ4n) is 0.101. The molecule has 0 saturated carbocycles. The summed E-state index contributed by atoms with van der Waals surface area (Å²) in [5, 5.41) is 25.0. The molecule has 0 radical (unpaired) electrons. The third kappa shape index (κ3) is 1.57. The first-order valence-corrected chi connectivity index (χ1v) is 1.67. The number of aliphatic hydroxyl groups is 1. The van der Waals surface area contributed by atoms with Gasteiger partial charge in [0.25, 0.3) is 0 Å². The topological polar surface area (TPSA) is 97.7 Å². The summed E-state index contributed by atoms with van der Waals surface area (Å²) in [6.45, 7) is 0. The van der Waals surface area contributed by atoms with Crippen molar-refractivity contribution in [1.82, 2.24) is 0 Å². The van der Waals surface area contributed by atoms with E-state index in [0.717, 1.165) is 0 Å². The van der Waals surface area contributed by atoms with E-state index in [1.165, 1.54) is 0 Å². The van der Waals surface area contributed by atoms with Crippen molar-refractivity contribution in [2.45, 2.75) is 6.10 Å². The zero-order valence-corrected chi connectivity index (χ0v) is 3.70. The van der Waals surface area contributed by atoms with Gasteiger partial charge in [-0.05, 0) is 0 Å². The molecule has 0 saturated heterocycles. The highest BCUT2D eigenvalue weighted by Gasteiger charge is 2.12. The molecule has 0 aliphatic carbocycles. The van der Waals surface area contributed by atoms with E-state index in [4.69, 9.17) is 10.2 Å². The smallest absolute Gasteiger partial charge is 0.338 e. The van der Waals surface area contributed by atoms with Crippen LogP contribution in [0.25, 0.3) is 0 Å². The Morgan fingerprint density at radius 1 is 1.50 bits per heavy atom. The van der Waals surface area contributed by atoms with Gasteiger partial charge in [-0.1, -0.05) is 0 Å². The van der Waals surface area contributed by atoms with Crippen molar-refractivity contribution in [2.24, 2.45) is 0 Å². The van der Waals surface area contributed by atoms with Gasteiger partial charge in [0.15, 0.2) is 6.10 Å². The highest BCUT2D eigenvalue weighted by atomic mass is 16.4. The average molecular weight is 119 g/mol. The minimum atomic E-state index is -2.41. The molecule has 1 atom stereocenters. The Labute approximate surface area is 44.2 Å². The van der Waals surface area contributed by atoms with Crippen LogP contribution in [0.1, 0.15) is 0 Å². The number of carboxylic acid groups (broad SMARTS) is 2. The lowest BCUT2D eigenvalue weighted by Crippen LogP contribution is -2.40.